The van der Waals surface area contributed by atoms with Gasteiger partial charge in [0.05, 0.1) is 20.1 Å². The molecule has 182 valence electrons. The summed E-state index contributed by atoms with van der Waals surface area (Å²) in [6, 6.07) is 0. The molecule has 1 aliphatic rings. The van der Waals surface area contributed by atoms with Gasteiger partial charge in [-0.25, -0.2) is 0 Å². The molecule has 0 heterocycles. The van der Waals surface area contributed by atoms with Gasteiger partial charge in [-0.15, -0.1) is 5.76 Å². The molecule has 0 aromatic heterocycles. The van der Waals surface area contributed by atoms with Crippen molar-refractivity contribution in [2.45, 2.75) is 66.2 Å². The average molecular weight is 479 g/mol. The Morgan fingerprint density at radius 3 is 2.00 bits per heavy atom. The number of hydrogen-bond acceptors (Lipinski definition) is 9. The summed E-state index contributed by atoms with van der Waals surface area (Å²) in [5, 5.41) is 11.5. The van der Waals surface area contributed by atoms with E-state index in [2.05, 4.69) is 16.4 Å². The van der Waals surface area contributed by atoms with Crippen molar-refractivity contribution in [1.29, 1.82) is 0 Å². The van der Waals surface area contributed by atoms with E-state index in [-0.39, 0.29) is 65.6 Å². The Morgan fingerprint density at radius 2 is 1.67 bits per heavy atom. The number of allylic oxidation sites excluding steroid dienone is 3. The van der Waals surface area contributed by atoms with Crippen LogP contribution in [0.3, 0.4) is 0 Å². The van der Waals surface area contributed by atoms with E-state index in [9.17, 15) is 24.3 Å². The van der Waals surface area contributed by atoms with E-state index >= 15 is 0 Å². The van der Waals surface area contributed by atoms with Crippen molar-refractivity contribution in [3.63, 3.8) is 0 Å². The number of carbonyl (C=O) groups excluding carboxylic acids is 6. The van der Waals surface area contributed by atoms with Gasteiger partial charge >= 0.3 is 47.6 Å². The van der Waals surface area contributed by atoms with Crippen LogP contribution < -0.4 is 34.7 Å². The number of methoxy groups -OCH3 is 2. The number of rotatable bonds is 7. The number of carbonyl (C=O) groups is 4. The fourth-order valence-electron chi connectivity index (χ4n) is 2.55. The third-order valence-electron chi connectivity index (χ3n) is 3.98. The molecular formula is C23H35NaO9. The van der Waals surface area contributed by atoms with Crippen LogP contribution in [0.2, 0.25) is 0 Å². The number of ketones is 2. The first-order chi connectivity index (χ1) is 15.1. The average Bonchev–Trinajstić information content (AvgIpc) is 2.74. The summed E-state index contributed by atoms with van der Waals surface area (Å²) >= 11 is 0. The van der Waals surface area contributed by atoms with Gasteiger partial charge in [-0.05, 0) is 37.8 Å². The molecule has 0 aromatic rings. The summed E-state index contributed by atoms with van der Waals surface area (Å²) in [6.45, 7) is 7.37. The summed E-state index contributed by atoms with van der Waals surface area (Å²) in [5.41, 5.74) is 0. The van der Waals surface area contributed by atoms with Gasteiger partial charge in [-0.3, -0.25) is 19.2 Å². The normalized spacial score (nSPS) is 15.9. The van der Waals surface area contributed by atoms with Crippen molar-refractivity contribution < 1.29 is 72.9 Å². The molecule has 1 aliphatic carbocycles. The maximum absolute atomic E-state index is 11.5. The van der Waals surface area contributed by atoms with Gasteiger partial charge in [0, 0.05) is 12.8 Å². The number of unbranched alkanes of at least 4 members (excludes halogenated alkanes) is 1. The topological polar surface area (TPSA) is 144 Å². The molecule has 0 saturated heterocycles. The zero-order valence-corrected chi connectivity index (χ0v) is 22.8. The largest absolute Gasteiger partial charge is 1.00 e. The molecule has 0 N–H and O–H groups in total. The molecule has 10 heteroatoms. The Hall–Kier alpha value is -2.06. The van der Waals surface area contributed by atoms with Crippen LogP contribution >= 0.6 is 0 Å². The number of hydrogen-bond donors (Lipinski definition) is 0. The van der Waals surface area contributed by atoms with Crippen molar-refractivity contribution in [2.24, 2.45) is 11.8 Å². The molecule has 0 spiro atoms. The summed E-state index contributed by atoms with van der Waals surface area (Å²) in [6.07, 6.45) is 9.21. The minimum absolute atomic E-state index is 0. The Balaban J connectivity index is -0.000000198. The Morgan fingerprint density at radius 1 is 1.12 bits per heavy atom. The van der Waals surface area contributed by atoms with E-state index in [0.717, 1.165) is 25.3 Å². The van der Waals surface area contributed by atoms with E-state index in [4.69, 9.17) is 9.59 Å². The van der Waals surface area contributed by atoms with E-state index in [1.165, 1.54) is 14.2 Å². The Kier molecular flexibility index (Phi) is 30.3. The van der Waals surface area contributed by atoms with Gasteiger partial charge in [-0.1, -0.05) is 39.7 Å². The van der Waals surface area contributed by atoms with Crippen molar-refractivity contribution in [3.8, 4) is 0 Å². The van der Waals surface area contributed by atoms with Gasteiger partial charge in [0.15, 0.2) is 11.6 Å². The molecule has 0 aromatic carbocycles. The third-order valence-corrected chi connectivity index (χ3v) is 3.98. The molecule has 9 nitrogen and oxygen atoms in total. The summed E-state index contributed by atoms with van der Waals surface area (Å²) in [5.74, 6) is -2.09. The van der Waals surface area contributed by atoms with Crippen molar-refractivity contribution in [3.05, 3.63) is 24.0 Å². The maximum Gasteiger partial charge on any atom is 1.00 e. The molecule has 0 saturated carbocycles. The quantitative estimate of drug-likeness (QED) is 0.264. The van der Waals surface area contributed by atoms with Crippen LogP contribution in [-0.2, 0) is 38.2 Å². The SMILES string of the molecule is CCC(=O)OC.CCC/C=C/C(C)=O.CCCC1CC(=O)C=C([O-])C1C(=O)OC.O=C=O.[Na+]. The standard InChI is InChI=1S/C11H16O4.C7H12O.C4H8O2.CO2.Na/c1-3-4-7-5-8(12)6-9(13)10(7)11(14)15-2;1-3-4-5-6-7(2)8;1-3-4(5)6-2;2-1-3;/h6-7,10,13H,3-5H2,1-2H3;5-6H,3-4H2,1-2H3;3H2,1-2H3;;/q;;;;+1/p-1/b;6-5+;;;. The van der Waals surface area contributed by atoms with Gasteiger partial charge < -0.3 is 14.6 Å². The molecule has 0 radical (unpaired) electrons. The van der Waals surface area contributed by atoms with Crippen molar-refractivity contribution >= 4 is 29.7 Å². The maximum atomic E-state index is 11.5. The predicted molar refractivity (Wildman–Crippen MR) is 114 cm³/mol. The van der Waals surface area contributed by atoms with E-state index in [0.29, 0.717) is 12.8 Å². The smallest absolute Gasteiger partial charge is 0.875 e. The van der Waals surface area contributed by atoms with Crippen LogP contribution in [0.25, 0.3) is 0 Å². The van der Waals surface area contributed by atoms with Crippen LogP contribution in [0.1, 0.15) is 66.2 Å². The second kappa shape index (κ2) is 26.2. The second-order valence-corrected chi connectivity index (χ2v) is 6.58. The number of esters is 2. The second-order valence-electron chi connectivity index (χ2n) is 6.58. The molecule has 33 heavy (non-hydrogen) atoms. The van der Waals surface area contributed by atoms with Gasteiger partial charge in [0.1, 0.15) is 0 Å². The van der Waals surface area contributed by atoms with Crippen molar-refractivity contribution in [1.82, 2.24) is 0 Å². The van der Waals surface area contributed by atoms with Crippen molar-refractivity contribution in [2.75, 3.05) is 14.2 Å². The zero-order chi connectivity index (χ0) is 25.5. The molecule has 0 aliphatic heterocycles. The first-order valence-corrected chi connectivity index (χ1v) is 10.3. The molecule has 0 amide bonds. The summed E-state index contributed by atoms with van der Waals surface area (Å²) in [4.78, 5) is 59.0. The van der Waals surface area contributed by atoms with Crippen LogP contribution in [0.15, 0.2) is 24.0 Å². The summed E-state index contributed by atoms with van der Waals surface area (Å²) in [7, 11) is 2.64. The monoisotopic (exact) mass is 478 g/mol. The minimum atomic E-state index is -0.771. The fourth-order valence-corrected chi connectivity index (χ4v) is 2.55. The van der Waals surface area contributed by atoms with Crippen LogP contribution in [0.5, 0.6) is 0 Å². The van der Waals surface area contributed by atoms with Gasteiger partial charge in [0.2, 0.25) is 0 Å². The van der Waals surface area contributed by atoms with E-state index in [1.807, 2.05) is 13.0 Å². The molecule has 0 fully saturated rings. The van der Waals surface area contributed by atoms with E-state index < -0.39 is 17.6 Å². The van der Waals surface area contributed by atoms with Gasteiger partial charge in [0.25, 0.3) is 0 Å². The van der Waals surface area contributed by atoms with Crippen LogP contribution in [0, 0.1) is 11.8 Å². The molecule has 1 rings (SSSR count). The predicted octanol–water partition coefficient (Wildman–Crippen LogP) is -0.669. The molecule has 2 atom stereocenters. The fraction of sp³-hybridized carbons (Fsp3) is 0.609. The third kappa shape index (κ3) is 22.9. The summed E-state index contributed by atoms with van der Waals surface area (Å²) < 4.78 is 8.84. The first-order valence-electron chi connectivity index (χ1n) is 10.3. The van der Waals surface area contributed by atoms with Crippen LogP contribution in [-0.4, -0.2) is 43.9 Å². The Bertz CT molecular complexity index is 657. The van der Waals surface area contributed by atoms with Gasteiger partial charge in [-0.2, -0.15) is 9.59 Å². The van der Waals surface area contributed by atoms with E-state index in [1.54, 1.807) is 19.9 Å². The first kappa shape index (κ1) is 38.2. The number of ether oxygens (including phenoxy) is 2. The molecule has 2 unspecified atom stereocenters. The molecule has 0 bridgehead atoms. The molecular weight excluding hydrogens is 443 g/mol. The zero-order valence-electron chi connectivity index (χ0n) is 20.8. The Labute approximate surface area is 218 Å². The minimum Gasteiger partial charge on any atom is -0.875 e. The van der Waals surface area contributed by atoms with Crippen LogP contribution in [0.4, 0.5) is 0 Å².